The standard InChI is InChI=1S/C14H17N3O/c1-4-12-9(2)13(15)17-14(16-12)10-5-7-11(18-3)8-6-10/h5-8H,4H2,1-3H3,(H2,15,16,17). The second-order valence-electron chi connectivity index (χ2n) is 4.09. The fourth-order valence-electron chi connectivity index (χ4n) is 1.80. The molecule has 0 fully saturated rings. The number of aromatic nitrogens is 2. The van der Waals surface area contributed by atoms with Crippen molar-refractivity contribution in [1.82, 2.24) is 9.97 Å². The first-order valence-corrected chi connectivity index (χ1v) is 5.93. The summed E-state index contributed by atoms with van der Waals surface area (Å²) in [5.74, 6) is 2.03. The maximum atomic E-state index is 5.91. The second kappa shape index (κ2) is 5.04. The zero-order valence-corrected chi connectivity index (χ0v) is 10.9. The van der Waals surface area contributed by atoms with Gasteiger partial charge in [-0.05, 0) is 37.6 Å². The van der Waals surface area contributed by atoms with Gasteiger partial charge in [-0.2, -0.15) is 0 Å². The van der Waals surface area contributed by atoms with Crippen LogP contribution in [-0.4, -0.2) is 17.1 Å². The maximum Gasteiger partial charge on any atom is 0.161 e. The summed E-state index contributed by atoms with van der Waals surface area (Å²) >= 11 is 0. The van der Waals surface area contributed by atoms with Crippen LogP contribution < -0.4 is 10.5 Å². The molecule has 0 spiro atoms. The summed E-state index contributed by atoms with van der Waals surface area (Å²) in [6.45, 7) is 4.01. The molecule has 0 bridgehead atoms. The summed E-state index contributed by atoms with van der Waals surface area (Å²) in [7, 11) is 1.64. The van der Waals surface area contributed by atoms with Gasteiger partial charge in [0.25, 0.3) is 0 Å². The first-order valence-electron chi connectivity index (χ1n) is 5.93. The normalized spacial score (nSPS) is 10.4. The molecule has 94 valence electrons. The first kappa shape index (κ1) is 12.4. The fraction of sp³-hybridized carbons (Fsp3) is 0.286. The molecular formula is C14H17N3O. The minimum atomic E-state index is 0.549. The molecule has 18 heavy (non-hydrogen) atoms. The van der Waals surface area contributed by atoms with Gasteiger partial charge in [0.15, 0.2) is 5.82 Å². The number of anilines is 1. The quantitative estimate of drug-likeness (QED) is 0.900. The van der Waals surface area contributed by atoms with Gasteiger partial charge in [-0.1, -0.05) is 6.92 Å². The number of nitrogen functional groups attached to an aromatic ring is 1. The van der Waals surface area contributed by atoms with Crippen LogP contribution in [0.4, 0.5) is 5.82 Å². The number of methoxy groups -OCH3 is 1. The summed E-state index contributed by atoms with van der Waals surface area (Å²) in [4.78, 5) is 8.88. The SMILES string of the molecule is CCc1nc(-c2ccc(OC)cc2)nc(N)c1C. The van der Waals surface area contributed by atoms with E-state index in [1.54, 1.807) is 7.11 Å². The number of hydrogen-bond donors (Lipinski definition) is 1. The molecule has 0 aliphatic carbocycles. The number of aryl methyl sites for hydroxylation is 1. The molecule has 0 aliphatic heterocycles. The lowest BCUT2D eigenvalue weighted by molar-refractivity contribution is 0.415. The highest BCUT2D eigenvalue weighted by atomic mass is 16.5. The predicted octanol–water partition coefficient (Wildman–Crippen LogP) is 2.61. The van der Waals surface area contributed by atoms with Crippen LogP contribution in [0.2, 0.25) is 0 Å². The van der Waals surface area contributed by atoms with Crippen molar-refractivity contribution in [1.29, 1.82) is 0 Å². The Kier molecular flexibility index (Phi) is 3.46. The molecule has 0 aliphatic rings. The summed E-state index contributed by atoms with van der Waals surface area (Å²) in [6.07, 6.45) is 0.849. The molecule has 2 rings (SSSR count). The maximum absolute atomic E-state index is 5.91. The Morgan fingerprint density at radius 2 is 1.83 bits per heavy atom. The van der Waals surface area contributed by atoms with E-state index in [0.717, 1.165) is 29.0 Å². The molecule has 4 heteroatoms. The number of nitrogens with two attached hydrogens (primary N) is 1. The van der Waals surface area contributed by atoms with Crippen LogP contribution in [0.1, 0.15) is 18.2 Å². The summed E-state index contributed by atoms with van der Waals surface area (Å²) in [6, 6.07) is 7.64. The third-order valence-electron chi connectivity index (χ3n) is 2.97. The lowest BCUT2D eigenvalue weighted by atomic mass is 10.1. The molecule has 0 saturated carbocycles. The number of nitrogens with zero attached hydrogens (tertiary/aromatic N) is 2. The van der Waals surface area contributed by atoms with Crippen molar-refractivity contribution < 1.29 is 4.74 Å². The van der Waals surface area contributed by atoms with Gasteiger partial charge < -0.3 is 10.5 Å². The molecule has 1 aromatic heterocycles. The first-order chi connectivity index (χ1) is 8.65. The molecule has 0 radical (unpaired) electrons. The largest absolute Gasteiger partial charge is 0.497 e. The minimum Gasteiger partial charge on any atom is -0.497 e. The highest BCUT2D eigenvalue weighted by Gasteiger charge is 2.08. The molecule has 1 heterocycles. The summed E-state index contributed by atoms with van der Waals surface area (Å²) in [5, 5.41) is 0. The van der Waals surface area contributed by atoms with Gasteiger partial charge in [-0.25, -0.2) is 9.97 Å². The average molecular weight is 243 g/mol. The van der Waals surface area contributed by atoms with Crippen LogP contribution >= 0.6 is 0 Å². The Hall–Kier alpha value is -2.10. The molecular weight excluding hydrogens is 226 g/mol. The Bertz CT molecular complexity index is 550. The Balaban J connectivity index is 2.46. The molecule has 0 unspecified atom stereocenters. The Morgan fingerprint density at radius 1 is 1.17 bits per heavy atom. The van der Waals surface area contributed by atoms with Crippen molar-refractivity contribution in [3.05, 3.63) is 35.5 Å². The lowest BCUT2D eigenvalue weighted by Gasteiger charge is -2.09. The highest BCUT2D eigenvalue weighted by Crippen LogP contribution is 2.22. The number of benzene rings is 1. The third kappa shape index (κ3) is 2.27. The molecule has 2 N–H and O–H groups in total. The highest BCUT2D eigenvalue weighted by molar-refractivity contribution is 5.59. The van der Waals surface area contributed by atoms with Gasteiger partial charge >= 0.3 is 0 Å². The van der Waals surface area contributed by atoms with Gasteiger partial charge in [0.1, 0.15) is 11.6 Å². The zero-order chi connectivity index (χ0) is 13.1. The summed E-state index contributed by atoms with van der Waals surface area (Å²) < 4.78 is 5.13. The lowest BCUT2D eigenvalue weighted by Crippen LogP contribution is -2.04. The van der Waals surface area contributed by atoms with Crippen LogP contribution in [0, 0.1) is 6.92 Å². The molecule has 0 amide bonds. The van der Waals surface area contributed by atoms with Crippen molar-refractivity contribution in [3.8, 4) is 17.1 Å². The van der Waals surface area contributed by atoms with Crippen LogP contribution in [-0.2, 0) is 6.42 Å². The molecule has 1 aromatic carbocycles. The van der Waals surface area contributed by atoms with E-state index in [1.807, 2.05) is 31.2 Å². The number of hydrogen-bond acceptors (Lipinski definition) is 4. The van der Waals surface area contributed by atoms with Crippen molar-refractivity contribution in [3.63, 3.8) is 0 Å². The Labute approximate surface area is 107 Å². The van der Waals surface area contributed by atoms with E-state index in [-0.39, 0.29) is 0 Å². The number of ether oxygens (including phenoxy) is 1. The van der Waals surface area contributed by atoms with Gasteiger partial charge in [0, 0.05) is 16.8 Å². The van der Waals surface area contributed by atoms with E-state index in [4.69, 9.17) is 10.5 Å². The van der Waals surface area contributed by atoms with Crippen LogP contribution in [0.5, 0.6) is 5.75 Å². The van der Waals surface area contributed by atoms with Crippen LogP contribution in [0.15, 0.2) is 24.3 Å². The van der Waals surface area contributed by atoms with Gasteiger partial charge in [0.05, 0.1) is 7.11 Å². The number of rotatable bonds is 3. The average Bonchev–Trinajstić information content (AvgIpc) is 2.42. The summed E-state index contributed by atoms with van der Waals surface area (Å²) in [5.41, 5.74) is 8.82. The van der Waals surface area contributed by atoms with Gasteiger partial charge in [0.2, 0.25) is 0 Å². The van der Waals surface area contributed by atoms with E-state index < -0.39 is 0 Å². The zero-order valence-electron chi connectivity index (χ0n) is 10.9. The van der Waals surface area contributed by atoms with Crippen LogP contribution in [0.25, 0.3) is 11.4 Å². The Morgan fingerprint density at radius 3 is 2.39 bits per heavy atom. The topological polar surface area (TPSA) is 61.0 Å². The van der Waals surface area contributed by atoms with Crippen molar-refractivity contribution in [2.45, 2.75) is 20.3 Å². The van der Waals surface area contributed by atoms with Gasteiger partial charge in [-0.3, -0.25) is 0 Å². The monoisotopic (exact) mass is 243 g/mol. The predicted molar refractivity (Wildman–Crippen MR) is 72.5 cm³/mol. The van der Waals surface area contributed by atoms with E-state index in [2.05, 4.69) is 16.9 Å². The fourth-order valence-corrected chi connectivity index (χ4v) is 1.80. The van der Waals surface area contributed by atoms with E-state index in [9.17, 15) is 0 Å². The third-order valence-corrected chi connectivity index (χ3v) is 2.97. The van der Waals surface area contributed by atoms with E-state index >= 15 is 0 Å². The van der Waals surface area contributed by atoms with Crippen molar-refractivity contribution >= 4 is 5.82 Å². The van der Waals surface area contributed by atoms with Crippen molar-refractivity contribution in [2.75, 3.05) is 12.8 Å². The molecule has 2 aromatic rings. The van der Waals surface area contributed by atoms with Crippen molar-refractivity contribution in [2.24, 2.45) is 0 Å². The minimum absolute atomic E-state index is 0.549. The van der Waals surface area contributed by atoms with Gasteiger partial charge in [-0.15, -0.1) is 0 Å². The van der Waals surface area contributed by atoms with E-state index in [0.29, 0.717) is 11.6 Å². The molecule has 0 atom stereocenters. The van der Waals surface area contributed by atoms with Crippen LogP contribution in [0.3, 0.4) is 0 Å². The second-order valence-corrected chi connectivity index (χ2v) is 4.09. The van der Waals surface area contributed by atoms with E-state index in [1.165, 1.54) is 0 Å². The molecule has 0 saturated heterocycles. The smallest absolute Gasteiger partial charge is 0.161 e. The molecule has 4 nitrogen and oxygen atoms in total.